The van der Waals surface area contributed by atoms with Crippen LogP contribution in [0, 0.1) is 0 Å². The number of furan rings is 1. The minimum Gasteiger partial charge on any atom is -0.453 e. The van der Waals surface area contributed by atoms with Crippen molar-refractivity contribution in [3.05, 3.63) is 214 Å². The molecule has 2 unspecified atom stereocenters. The lowest BCUT2D eigenvalue weighted by atomic mass is 9.61. The van der Waals surface area contributed by atoms with E-state index in [1.54, 1.807) is 0 Å². The molecule has 2 aliphatic heterocycles. The Balaban J connectivity index is 1.07. The molecule has 1 spiro atoms. The van der Waals surface area contributed by atoms with E-state index in [-0.39, 0.29) is 11.5 Å². The number of para-hydroxylation sites is 2. The number of benzene rings is 8. The Morgan fingerprint density at radius 3 is 1.98 bits per heavy atom. The number of anilines is 4. The fourth-order valence-corrected chi connectivity index (χ4v) is 13.5. The highest BCUT2D eigenvalue weighted by Gasteiger charge is 2.51. The zero-order chi connectivity index (χ0) is 40.8. The van der Waals surface area contributed by atoms with E-state index in [1.165, 1.54) is 100 Å². The SMILES string of the molecule is CN1c2c(ccc3c2N(c2cccc4c2oc2c5c(ccc24)C2(c4ccccc4-c4ccccc42)c2ccc4c6c(ccc-5c26)CC4)c2ccccc2C3(C)C)C2C=CC=CC21. The molecule has 0 fully saturated rings. The molecule has 0 radical (unpaired) electrons. The van der Waals surface area contributed by atoms with Crippen LogP contribution in [0.15, 0.2) is 168 Å². The Kier molecular flexibility index (Phi) is 6.08. The first-order valence-corrected chi connectivity index (χ1v) is 22.4. The van der Waals surface area contributed by atoms with Crippen LogP contribution in [0.5, 0.6) is 0 Å². The van der Waals surface area contributed by atoms with Gasteiger partial charge in [0.2, 0.25) is 0 Å². The Bertz CT molecular complexity index is 3560. The predicted molar refractivity (Wildman–Crippen MR) is 255 cm³/mol. The fourth-order valence-electron chi connectivity index (χ4n) is 13.5. The lowest BCUT2D eigenvalue weighted by Gasteiger charge is -2.43. The molecular weight excluding hydrogens is 753 g/mol. The largest absolute Gasteiger partial charge is 0.453 e. The Morgan fingerprint density at radius 2 is 1.18 bits per heavy atom. The van der Waals surface area contributed by atoms with Gasteiger partial charge in [-0.2, -0.15) is 0 Å². The number of nitrogens with zero attached hydrogens (tertiary/aromatic N) is 2. The summed E-state index contributed by atoms with van der Waals surface area (Å²) in [6, 6.07) is 53.8. The zero-order valence-corrected chi connectivity index (χ0v) is 35.0. The van der Waals surface area contributed by atoms with Crippen molar-refractivity contribution in [3.63, 3.8) is 0 Å². The molecule has 6 aliphatic rings. The molecule has 1 aromatic heterocycles. The van der Waals surface area contributed by atoms with E-state index in [9.17, 15) is 0 Å². The van der Waals surface area contributed by atoms with Gasteiger partial charge in [0.15, 0.2) is 5.58 Å². The second-order valence-corrected chi connectivity index (χ2v) is 19.0. The first kappa shape index (κ1) is 33.6. The summed E-state index contributed by atoms with van der Waals surface area (Å²) >= 11 is 0. The van der Waals surface area contributed by atoms with E-state index in [0.717, 1.165) is 40.5 Å². The summed E-state index contributed by atoms with van der Waals surface area (Å²) in [5, 5.41) is 5.15. The van der Waals surface area contributed by atoms with E-state index in [0.29, 0.717) is 5.92 Å². The summed E-state index contributed by atoms with van der Waals surface area (Å²) in [4.78, 5) is 5.07. The van der Waals surface area contributed by atoms with Crippen LogP contribution in [-0.4, -0.2) is 13.1 Å². The highest BCUT2D eigenvalue weighted by atomic mass is 16.3. The van der Waals surface area contributed by atoms with Gasteiger partial charge < -0.3 is 14.2 Å². The highest BCUT2D eigenvalue weighted by Crippen LogP contribution is 2.65. The van der Waals surface area contributed by atoms with Gasteiger partial charge in [0.25, 0.3) is 0 Å². The van der Waals surface area contributed by atoms with E-state index in [4.69, 9.17) is 4.42 Å². The molecule has 62 heavy (non-hydrogen) atoms. The molecule has 0 saturated heterocycles. The maximum Gasteiger partial charge on any atom is 0.159 e. The van der Waals surface area contributed by atoms with Crippen molar-refractivity contribution in [1.29, 1.82) is 0 Å². The van der Waals surface area contributed by atoms with Gasteiger partial charge in [0, 0.05) is 34.7 Å². The third-order valence-corrected chi connectivity index (χ3v) is 16.1. The second-order valence-electron chi connectivity index (χ2n) is 19.0. The van der Waals surface area contributed by atoms with Gasteiger partial charge in [0.05, 0.1) is 34.2 Å². The van der Waals surface area contributed by atoms with Crippen LogP contribution in [-0.2, 0) is 23.7 Å². The van der Waals surface area contributed by atoms with Crippen LogP contribution in [0.3, 0.4) is 0 Å². The Morgan fingerprint density at radius 1 is 0.516 bits per heavy atom. The summed E-state index contributed by atoms with van der Waals surface area (Å²) in [7, 11) is 2.29. The van der Waals surface area contributed by atoms with E-state index in [2.05, 4.69) is 195 Å². The van der Waals surface area contributed by atoms with Crippen molar-refractivity contribution >= 4 is 55.5 Å². The Hall–Kier alpha value is -7.10. The van der Waals surface area contributed by atoms with Crippen LogP contribution < -0.4 is 9.80 Å². The minimum atomic E-state index is -0.494. The molecule has 3 nitrogen and oxygen atoms in total. The van der Waals surface area contributed by atoms with Gasteiger partial charge >= 0.3 is 0 Å². The average molecular weight is 795 g/mol. The smallest absolute Gasteiger partial charge is 0.159 e. The van der Waals surface area contributed by atoms with Gasteiger partial charge in [-0.25, -0.2) is 0 Å². The molecule has 3 heterocycles. The van der Waals surface area contributed by atoms with Crippen molar-refractivity contribution in [1.82, 2.24) is 0 Å². The molecule has 2 atom stereocenters. The molecule has 8 aromatic carbocycles. The lowest BCUT2D eigenvalue weighted by molar-refractivity contribution is 0.630. The number of allylic oxidation sites excluding steroid dienone is 2. The summed E-state index contributed by atoms with van der Waals surface area (Å²) in [5.74, 6) is 0.307. The van der Waals surface area contributed by atoms with E-state index >= 15 is 0 Å². The third kappa shape index (κ3) is 3.71. The van der Waals surface area contributed by atoms with Crippen molar-refractivity contribution < 1.29 is 4.42 Å². The summed E-state index contributed by atoms with van der Waals surface area (Å²) in [6.07, 6.45) is 11.3. The molecule has 4 aliphatic carbocycles. The molecule has 0 bridgehead atoms. The highest BCUT2D eigenvalue weighted by molar-refractivity contribution is 6.19. The summed E-state index contributed by atoms with van der Waals surface area (Å²) in [5.41, 5.74) is 23.6. The summed E-state index contributed by atoms with van der Waals surface area (Å²) in [6.45, 7) is 4.79. The lowest BCUT2D eigenvalue weighted by Crippen LogP contribution is -2.33. The molecule has 0 amide bonds. The van der Waals surface area contributed by atoms with E-state index in [1.807, 2.05) is 0 Å². The summed E-state index contributed by atoms with van der Waals surface area (Å²) < 4.78 is 7.68. The fraction of sp³-hybridized carbons (Fsp3) is 0.153. The normalized spacial score (nSPS) is 19.5. The van der Waals surface area contributed by atoms with Gasteiger partial charge in [-0.1, -0.05) is 166 Å². The molecule has 9 aromatic rings. The topological polar surface area (TPSA) is 19.6 Å². The average Bonchev–Trinajstić information content (AvgIpc) is 4.07. The quantitative estimate of drug-likeness (QED) is 0.165. The Labute approximate surface area is 360 Å². The molecule has 15 rings (SSSR count). The third-order valence-electron chi connectivity index (χ3n) is 16.1. The maximum absolute atomic E-state index is 7.68. The van der Waals surface area contributed by atoms with Crippen molar-refractivity contribution in [3.8, 4) is 22.3 Å². The van der Waals surface area contributed by atoms with Crippen LogP contribution in [0.4, 0.5) is 22.7 Å². The van der Waals surface area contributed by atoms with Crippen LogP contribution in [0.2, 0.25) is 0 Å². The van der Waals surface area contributed by atoms with Gasteiger partial charge in [-0.05, 0) is 103 Å². The van der Waals surface area contributed by atoms with Gasteiger partial charge in [0.1, 0.15) is 5.58 Å². The monoisotopic (exact) mass is 794 g/mol. The van der Waals surface area contributed by atoms with Gasteiger partial charge in [-0.3, -0.25) is 0 Å². The molecule has 294 valence electrons. The molecule has 3 heteroatoms. The van der Waals surface area contributed by atoms with Crippen LogP contribution in [0.1, 0.15) is 69.8 Å². The maximum atomic E-state index is 7.68. The number of rotatable bonds is 1. The molecular formula is C59H42N2O. The molecule has 0 N–H and O–H groups in total. The van der Waals surface area contributed by atoms with Crippen molar-refractivity contribution in [2.75, 3.05) is 16.8 Å². The number of fused-ring (bicyclic) bond motifs is 19. The first-order chi connectivity index (χ1) is 30.5. The van der Waals surface area contributed by atoms with Crippen molar-refractivity contribution in [2.45, 2.75) is 49.5 Å². The first-order valence-electron chi connectivity index (χ1n) is 22.4. The predicted octanol–water partition coefficient (Wildman–Crippen LogP) is 14.3. The van der Waals surface area contributed by atoms with E-state index < -0.39 is 5.41 Å². The number of hydrogen-bond donors (Lipinski definition) is 0. The molecule has 0 saturated carbocycles. The zero-order valence-electron chi connectivity index (χ0n) is 35.0. The van der Waals surface area contributed by atoms with Gasteiger partial charge in [-0.15, -0.1) is 0 Å². The number of aryl methyl sites for hydroxylation is 2. The number of likely N-dealkylation sites (N-methyl/N-ethyl adjacent to an activating group) is 1. The second kappa shape index (κ2) is 11.2. The number of hydrogen-bond acceptors (Lipinski definition) is 3. The van der Waals surface area contributed by atoms with Crippen LogP contribution >= 0.6 is 0 Å². The standard InChI is InChI=1S/C59H42N2O/c1-58(2)44-19-9-11-21-49(44)61(55-47(58)32-28-38-37-15-6-10-20-48(37)60(3)54(38)55)50-22-12-16-39-40-29-31-46-53(57(40)62-56(39)50)41-27-25-33-23-24-34-26-30-45(52(41)51(33)34)59(46)42-17-7-4-13-35(42)36-14-5-8-18-43(36)59/h4-22,25-32,37,48H,23-24H2,1-3H3. The minimum absolute atomic E-state index is 0.214. The van der Waals surface area contributed by atoms with Crippen molar-refractivity contribution in [2.24, 2.45) is 0 Å². The van der Waals surface area contributed by atoms with Crippen LogP contribution in [0.25, 0.3) is 55.0 Å².